The molecule has 0 aliphatic heterocycles. The average Bonchev–Trinajstić information content (AvgIpc) is 3.18. The van der Waals surface area contributed by atoms with E-state index in [9.17, 15) is 27.6 Å². The molecule has 178 valence electrons. The molecule has 3 rings (SSSR count). The highest BCUT2D eigenvalue weighted by Crippen LogP contribution is 2.32. The second-order valence-corrected chi connectivity index (χ2v) is 7.38. The van der Waals surface area contributed by atoms with Gasteiger partial charge in [-0.25, -0.2) is 0 Å². The summed E-state index contributed by atoms with van der Waals surface area (Å²) in [5, 5.41) is 5.31. The van der Waals surface area contributed by atoms with Crippen LogP contribution in [0.2, 0.25) is 0 Å². The number of carbonyl (C=O) groups is 3. The van der Waals surface area contributed by atoms with E-state index in [2.05, 4.69) is 15.4 Å². The summed E-state index contributed by atoms with van der Waals surface area (Å²) in [4.78, 5) is 36.5. The van der Waals surface area contributed by atoms with Gasteiger partial charge in [-0.15, -0.1) is 0 Å². The lowest BCUT2D eigenvalue weighted by atomic mass is 9.98. The van der Waals surface area contributed by atoms with Crippen molar-refractivity contribution in [2.24, 2.45) is 7.05 Å². The van der Waals surface area contributed by atoms with Crippen LogP contribution >= 0.6 is 0 Å². The van der Waals surface area contributed by atoms with Crippen LogP contribution in [0.15, 0.2) is 60.8 Å². The van der Waals surface area contributed by atoms with Crippen molar-refractivity contribution in [2.75, 3.05) is 19.0 Å². The largest absolute Gasteiger partial charge is 0.469 e. The van der Waals surface area contributed by atoms with Gasteiger partial charge in [-0.1, -0.05) is 30.3 Å². The van der Waals surface area contributed by atoms with Crippen molar-refractivity contribution in [1.29, 1.82) is 0 Å². The maximum Gasteiger partial charge on any atom is 0.416 e. The summed E-state index contributed by atoms with van der Waals surface area (Å²) in [5.74, 6) is -1.37. The van der Waals surface area contributed by atoms with E-state index in [0.29, 0.717) is 16.8 Å². The van der Waals surface area contributed by atoms with Crippen molar-refractivity contribution in [3.63, 3.8) is 0 Å². The first kappa shape index (κ1) is 24.6. The first-order valence-corrected chi connectivity index (χ1v) is 10.2. The minimum absolute atomic E-state index is 0.0248. The molecule has 10 heteroatoms. The van der Waals surface area contributed by atoms with Crippen LogP contribution in [0.25, 0.3) is 11.1 Å². The first-order valence-electron chi connectivity index (χ1n) is 10.2. The van der Waals surface area contributed by atoms with Gasteiger partial charge in [-0.2, -0.15) is 13.2 Å². The standard InChI is InChI=1S/C24H22F3N3O4/c1-30-14-17(13-20(30)23(33)28-12-11-21(31)34-2)29-22(32)19-6-4-3-5-18(19)15-7-9-16(10-8-15)24(25,26)27/h3-10,13-14H,11-12H2,1-2H3,(H,28,33)(H,29,32). The number of alkyl halides is 3. The van der Waals surface area contributed by atoms with Gasteiger partial charge in [0.25, 0.3) is 11.8 Å². The molecule has 2 N–H and O–H groups in total. The lowest BCUT2D eigenvalue weighted by Crippen LogP contribution is -2.27. The molecule has 34 heavy (non-hydrogen) atoms. The molecule has 0 aliphatic rings. The number of aryl methyl sites for hydroxylation is 1. The van der Waals surface area contributed by atoms with Crippen molar-refractivity contribution < 1.29 is 32.3 Å². The van der Waals surface area contributed by atoms with Gasteiger partial charge < -0.3 is 19.9 Å². The molecule has 0 radical (unpaired) electrons. The number of carbonyl (C=O) groups excluding carboxylic acids is 3. The lowest BCUT2D eigenvalue weighted by molar-refractivity contribution is -0.140. The van der Waals surface area contributed by atoms with Crippen molar-refractivity contribution in [2.45, 2.75) is 12.6 Å². The SMILES string of the molecule is COC(=O)CCNC(=O)c1cc(NC(=O)c2ccccc2-c2ccc(C(F)(F)F)cc2)cn1C. The molecule has 0 spiro atoms. The van der Waals surface area contributed by atoms with Crippen LogP contribution in [0.5, 0.6) is 0 Å². The van der Waals surface area contributed by atoms with E-state index in [1.54, 1.807) is 37.5 Å². The average molecular weight is 473 g/mol. The number of esters is 1. The molecule has 1 heterocycles. The number of methoxy groups -OCH3 is 1. The van der Waals surface area contributed by atoms with Crippen LogP contribution < -0.4 is 10.6 Å². The quantitative estimate of drug-likeness (QED) is 0.502. The van der Waals surface area contributed by atoms with Crippen molar-refractivity contribution in [1.82, 2.24) is 9.88 Å². The van der Waals surface area contributed by atoms with Gasteiger partial charge in [0.05, 0.1) is 24.8 Å². The summed E-state index contributed by atoms with van der Waals surface area (Å²) in [6.07, 6.45) is -2.88. The Balaban J connectivity index is 1.75. The minimum Gasteiger partial charge on any atom is -0.469 e. The molecule has 0 unspecified atom stereocenters. The maximum atomic E-state index is 13.0. The topological polar surface area (TPSA) is 89.4 Å². The molecule has 1 aromatic heterocycles. The van der Waals surface area contributed by atoms with E-state index >= 15 is 0 Å². The summed E-state index contributed by atoms with van der Waals surface area (Å²) >= 11 is 0. The smallest absolute Gasteiger partial charge is 0.416 e. The first-order chi connectivity index (χ1) is 16.1. The Morgan fingerprint density at radius 2 is 1.68 bits per heavy atom. The number of amides is 2. The van der Waals surface area contributed by atoms with E-state index in [0.717, 1.165) is 12.1 Å². The van der Waals surface area contributed by atoms with Gasteiger partial charge in [-0.05, 0) is 35.4 Å². The van der Waals surface area contributed by atoms with Gasteiger partial charge in [0.15, 0.2) is 0 Å². The summed E-state index contributed by atoms with van der Waals surface area (Å²) in [6.45, 7) is 0.0961. The van der Waals surface area contributed by atoms with Gasteiger partial charge in [0.1, 0.15) is 5.69 Å². The van der Waals surface area contributed by atoms with Crippen LogP contribution in [0, 0.1) is 0 Å². The molecular formula is C24H22F3N3O4. The molecule has 0 saturated carbocycles. The van der Waals surface area contributed by atoms with Gasteiger partial charge in [0, 0.05) is 25.4 Å². The second kappa shape index (κ2) is 10.2. The van der Waals surface area contributed by atoms with Gasteiger partial charge >= 0.3 is 12.1 Å². The Morgan fingerprint density at radius 1 is 1.00 bits per heavy atom. The minimum atomic E-state index is -4.45. The summed E-state index contributed by atoms with van der Waals surface area (Å²) in [6, 6.07) is 12.6. The van der Waals surface area contributed by atoms with Crippen LogP contribution in [0.1, 0.15) is 32.8 Å². The van der Waals surface area contributed by atoms with Crippen molar-refractivity contribution in [3.8, 4) is 11.1 Å². The zero-order valence-electron chi connectivity index (χ0n) is 18.4. The number of halogens is 3. The maximum absolute atomic E-state index is 13.0. The summed E-state index contributed by atoms with van der Waals surface area (Å²) in [5.41, 5.74) is 1.02. The fourth-order valence-electron chi connectivity index (χ4n) is 3.30. The number of ether oxygens (including phenoxy) is 1. The second-order valence-electron chi connectivity index (χ2n) is 7.38. The third-order valence-corrected chi connectivity index (χ3v) is 5.03. The van der Waals surface area contributed by atoms with Crippen LogP contribution in [-0.2, 0) is 22.8 Å². The Labute approximate surface area is 193 Å². The molecule has 0 saturated heterocycles. The van der Waals surface area contributed by atoms with E-state index in [1.165, 1.54) is 29.9 Å². The van der Waals surface area contributed by atoms with E-state index in [1.807, 2.05) is 0 Å². The Kier molecular flexibility index (Phi) is 7.40. The highest BCUT2D eigenvalue weighted by atomic mass is 19.4. The van der Waals surface area contributed by atoms with E-state index < -0.39 is 29.5 Å². The number of nitrogens with one attached hydrogen (secondary N) is 2. The fraction of sp³-hybridized carbons (Fsp3) is 0.208. The van der Waals surface area contributed by atoms with Gasteiger partial charge in [-0.3, -0.25) is 14.4 Å². The van der Waals surface area contributed by atoms with E-state index in [-0.39, 0.29) is 24.2 Å². The highest BCUT2D eigenvalue weighted by molar-refractivity contribution is 6.09. The Hall–Kier alpha value is -4.08. The normalized spacial score (nSPS) is 11.1. The number of hydrogen-bond acceptors (Lipinski definition) is 4. The number of hydrogen-bond donors (Lipinski definition) is 2. The molecule has 0 atom stereocenters. The third kappa shape index (κ3) is 5.83. The number of aromatic nitrogens is 1. The predicted molar refractivity (Wildman–Crippen MR) is 119 cm³/mol. The molecule has 0 bridgehead atoms. The monoisotopic (exact) mass is 473 g/mol. The zero-order chi connectivity index (χ0) is 24.9. The number of benzene rings is 2. The highest BCUT2D eigenvalue weighted by Gasteiger charge is 2.30. The molecule has 3 aromatic rings. The van der Waals surface area contributed by atoms with Gasteiger partial charge in [0.2, 0.25) is 0 Å². The molecule has 7 nitrogen and oxygen atoms in total. The summed E-state index contributed by atoms with van der Waals surface area (Å²) < 4.78 is 44.6. The fourth-order valence-corrected chi connectivity index (χ4v) is 3.30. The van der Waals surface area contributed by atoms with Crippen LogP contribution in [0.4, 0.5) is 18.9 Å². The molecular weight excluding hydrogens is 451 g/mol. The number of nitrogens with zero attached hydrogens (tertiary/aromatic N) is 1. The van der Waals surface area contributed by atoms with Crippen LogP contribution in [-0.4, -0.2) is 36.0 Å². The Bertz CT molecular complexity index is 1200. The molecule has 2 amide bonds. The zero-order valence-corrected chi connectivity index (χ0v) is 18.4. The summed E-state index contributed by atoms with van der Waals surface area (Å²) in [7, 11) is 2.88. The third-order valence-electron chi connectivity index (χ3n) is 5.03. The predicted octanol–water partition coefficient (Wildman–Crippen LogP) is 4.26. The van der Waals surface area contributed by atoms with Crippen molar-refractivity contribution in [3.05, 3.63) is 77.6 Å². The molecule has 2 aromatic carbocycles. The lowest BCUT2D eigenvalue weighted by Gasteiger charge is -2.11. The number of anilines is 1. The Morgan fingerprint density at radius 3 is 2.32 bits per heavy atom. The van der Waals surface area contributed by atoms with E-state index in [4.69, 9.17) is 0 Å². The van der Waals surface area contributed by atoms with Crippen LogP contribution in [0.3, 0.4) is 0 Å². The molecule has 0 fully saturated rings. The number of rotatable bonds is 7. The van der Waals surface area contributed by atoms with Crippen molar-refractivity contribution >= 4 is 23.5 Å². The molecule has 0 aliphatic carbocycles.